The molecule has 1 aromatic heterocycles. The van der Waals surface area contributed by atoms with Gasteiger partial charge in [-0.25, -0.2) is 4.79 Å². The van der Waals surface area contributed by atoms with Gasteiger partial charge in [0.2, 0.25) is 11.7 Å². The van der Waals surface area contributed by atoms with Gasteiger partial charge in [-0.05, 0) is 81.7 Å². The van der Waals surface area contributed by atoms with Gasteiger partial charge in [-0.2, -0.15) is 0 Å². The monoisotopic (exact) mass is 414 g/mol. The zero-order valence-electron chi connectivity index (χ0n) is 17.6. The van der Waals surface area contributed by atoms with Crippen LogP contribution in [0.15, 0.2) is 28.7 Å². The summed E-state index contributed by atoms with van der Waals surface area (Å²) in [6.07, 6.45) is 5.78. The number of carbonyl (C=O) groups is 2. The Morgan fingerprint density at radius 1 is 1.17 bits per heavy atom. The highest BCUT2D eigenvalue weighted by atomic mass is 16.5. The molecule has 1 saturated heterocycles. The Hall–Kier alpha value is -2.38. The Morgan fingerprint density at radius 2 is 1.97 bits per heavy atom. The third-order valence-electron chi connectivity index (χ3n) is 6.47. The molecule has 4 rings (SSSR count). The van der Waals surface area contributed by atoms with Crippen molar-refractivity contribution in [2.45, 2.75) is 51.2 Å². The van der Waals surface area contributed by atoms with Crippen LogP contribution in [0.25, 0.3) is 11.0 Å². The normalized spacial score (nSPS) is 26.6. The maximum atomic E-state index is 13.0. The summed E-state index contributed by atoms with van der Waals surface area (Å²) in [4.78, 5) is 24.9. The Balaban J connectivity index is 1.42. The van der Waals surface area contributed by atoms with Gasteiger partial charge < -0.3 is 24.5 Å². The van der Waals surface area contributed by atoms with E-state index < -0.39 is 5.97 Å². The molecule has 2 heterocycles. The van der Waals surface area contributed by atoms with Crippen LogP contribution < -0.4 is 10.6 Å². The van der Waals surface area contributed by atoms with Crippen molar-refractivity contribution in [3.63, 3.8) is 0 Å². The average molecular weight is 415 g/mol. The quantitative estimate of drug-likeness (QED) is 0.700. The molecule has 1 aliphatic carbocycles. The molecule has 30 heavy (non-hydrogen) atoms. The molecule has 7 nitrogen and oxygen atoms in total. The van der Waals surface area contributed by atoms with E-state index in [1.807, 2.05) is 6.07 Å². The van der Waals surface area contributed by atoms with E-state index >= 15 is 0 Å². The maximum Gasteiger partial charge on any atom is 0.374 e. The smallest absolute Gasteiger partial charge is 0.374 e. The number of ether oxygens (including phenoxy) is 2. The van der Waals surface area contributed by atoms with Crippen molar-refractivity contribution in [2.24, 2.45) is 11.8 Å². The minimum Gasteiger partial charge on any atom is -0.460 e. The average Bonchev–Trinajstić information content (AvgIpc) is 3.41. The fourth-order valence-electron chi connectivity index (χ4n) is 4.91. The molecule has 2 N–H and O–H groups in total. The summed E-state index contributed by atoms with van der Waals surface area (Å²) >= 11 is 0. The zero-order valence-corrected chi connectivity index (χ0v) is 17.6. The molecule has 2 fully saturated rings. The molecule has 0 bridgehead atoms. The molecule has 1 aliphatic heterocycles. The third-order valence-corrected chi connectivity index (χ3v) is 6.47. The second kappa shape index (κ2) is 9.18. The largest absolute Gasteiger partial charge is 0.460 e. The summed E-state index contributed by atoms with van der Waals surface area (Å²) in [7, 11) is 1.78. The molecule has 2 atom stereocenters. The van der Waals surface area contributed by atoms with Crippen LogP contribution >= 0.6 is 0 Å². The highest BCUT2D eigenvalue weighted by Crippen LogP contribution is 2.37. The Morgan fingerprint density at radius 3 is 2.70 bits per heavy atom. The van der Waals surface area contributed by atoms with Crippen LogP contribution in [0.1, 0.15) is 49.6 Å². The number of nitrogens with one attached hydrogen (secondary N) is 2. The van der Waals surface area contributed by atoms with Gasteiger partial charge in [0.25, 0.3) is 0 Å². The summed E-state index contributed by atoms with van der Waals surface area (Å²) in [5.41, 5.74) is 1.28. The fourth-order valence-corrected chi connectivity index (χ4v) is 4.91. The SMILES string of the molecule is CCOC(=O)c1cc2cc(NC(=O)[C@@H]3NCC[C@@H]3C3CCC(OC)CC3)ccc2o1. The van der Waals surface area contributed by atoms with Gasteiger partial charge in [0, 0.05) is 18.2 Å². The zero-order chi connectivity index (χ0) is 21.1. The second-order valence-electron chi connectivity index (χ2n) is 8.23. The van der Waals surface area contributed by atoms with Gasteiger partial charge in [-0.3, -0.25) is 4.79 Å². The molecule has 162 valence electrons. The second-order valence-corrected chi connectivity index (χ2v) is 8.23. The third kappa shape index (κ3) is 4.37. The van der Waals surface area contributed by atoms with Crippen LogP contribution in [0.4, 0.5) is 5.69 Å². The van der Waals surface area contributed by atoms with Crippen molar-refractivity contribution in [2.75, 3.05) is 25.6 Å². The van der Waals surface area contributed by atoms with Crippen molar-refractivity contribution >= 4 is 28.5 Å². The topological polar surface area (TPSA) is 89.8 Å². The van der Waals surface area contributed by atoms with Crippen molar-refractivity contribution < 1.29 is 23.5 Å². The molecular weight excluding hydrogens is 384 g/mol. The van der Waals surface area contributed by atoms with Gasteiger partial charge >= 0.3 is 5.97 Å². The summed E-state index contributed by atoms with van der Waals surface area (Å²) in [5.74, 6) is 0.598. The first-order valence-electron chi connectivity index (χ1n) is 10.9. The van der Waals surface area contributed by atoms with Gasteiger partial charge in [0.1, 0.15) is 5.58 Å². The lowest BCUT2D eigenvalue weighted by atomic mass is 9.75. The number of methoxy groups -OCH3 is 1. The number of benzene rings is 1. The van der Waals surface area contributed by atoms with Crippen molar-refractivity contribution in [1.82, 2.24) is 5.32 Å². The van der Waals surface area contributed by atoms with E-state index in [-0.39, 0.29) is 17.7 Å². The minimum atomic E-state index is -0.486. The number of hydrogen-bond acceptors (Lipinski definition) is 6. The van der Waals surface area contributed by atoms with E-state index in [1.54, 1.807) is 32.2 Å². The lowest BCUT2D eigenvalue weighted by molar-refractivity contribution is -0.119. The summed E-state index contributed by atoms with van der Waals surface area (Å²) in [6.45, 7) is 2.91. The molecule has 1 saturated carbocycles. The van der Waals surface area contributed by atoms with E-state index in [9.17, 15) is 9.59 Å². The molecule has 1 aromatic carbocycles. The van der Waals surface area contributed by atoms with Crippen LogP contribution in [0, 0.1) is 11.8 Å². The highest BCUT2D eigenvalue weighted by molar-refractivity contribution is 5.98. The molecule has 0 unspecified atom stereocenters. The maximum absolute atomic E-state index is 13.0. The van der Waals surface area contributed by atoms with Gasteiger partial charge in [0.15, 0.2) is 0 Å². The molecule has 1 amide bonds. The molecule has 7 heteroatoms. The highest BCUT2D eigenvalue weighted by Gasteiger charge is 2.39. The van der Waals surface area contributed by atoms with Crippen LogP contribution in [-0.4, -0.2) is 44.3 Å². The summed E-state index contributed by atoms with van der Waals surface area (Å²) < 4.78 is 16.0. The van der Waals surface area contributed by atoms with Gasteiger partial charge in [-0.15, -0.1) is 0 Å². The predicted molar refractivity (Wildman–Crippen MR) is 113 cm³/mol. The number of rotatable bonds is 6. The van der Waals surface area contributed by atoms with Gasteiger partial charge in [0.05, 0.1) is 18.8 Å². The number of furan rings is 1. The number of esters is 1. The molecule has 2 aliphatic rings. The molecule has 2 aromatic rings. The van der Waals surface area contributed by atoms with E-state index in [0.29, 0.717) is 35.8 Å². The van der Waals surface area contributed by atoms with Gasteiger partial charge in [-0.1, -0.05) is 0 Å². The van der Waals surface area contributed by atoms with E-state index in [2.05, 4.69) is 10.6 Å². The first kappa shape index (κ1) is 20.9. The molecule has 0 radical (unpaired) electrons. The Bertz CT molecular complexity index is 900. The van der Waals surface area contributed by atoms with Crippen molar-refractivity contribution in [3.8, 4) is 0 Å². The van der Waals surface area contributed by atoms with E-state index in [1.165, 1.54) is 0 Å². The van der Waals surface area contributed by atoms with Crippen molar-refractivity contribution in [1.29, 1.82) is 0 Å². The first-order chi connectivity index (χ1) is 14.6. The standard InChI is InChI=1S/C23H30N2O5/c1-3-29-23(27)20-13-15-12-16(6-9-19(15)30-20)25-22(26)21-18(10-11-24-21)14-4-7-17(28-2)8-5-14/h6,9,12-14,17-18,21,24H,3-5,7-8,10-11H2,1-2H3,(H,25,26)/t14?,17?,18-,21-/m1/s1. The van der Waals surface area contributed by atoms with Crippen LogP contribution in [0.3, 0.4) is 0 Å². The summed E-state index contributed by atoms with van der Waals surface area (Å²) in [5, 5.41) is 7.20. The summed E-state index contributed by atoms with van der Waals surface area (Å²) in [6, 6.07) is 6.86. The minimum absolute atomic E-state index is 0.000161. The molecular formula is C23H30N2O5. The number of carbonyl (C=O) groups excluding carboxylic acids is 2. The Kier molecular flexibility index (Phi) is 6.39. The van der Waals surface area contributed by atoms with Crippen molar-refractivity contribution in [3.05, 3.63) is 30.0 Å². The lowest BCUT2D eigenvalue weighted by Gasteiger charge is -2.33. The van der Waals surface area contributed by atoms with E-state index in [4.69, 9.17) is 13.9 Å². The number of fused-ring (bicyclic) bond motifs is 1. The lowest BCUT2D eigenvalue weighted by Crippen LogP contribution is -2.43. The fraction of sp³-hybridized carbons (Fsp3) is 0.565. The Labute approximate surface area is 176 Å². The predicted octanol–water partition coefficient (Wildman–Crippen LogP) is 3.73. The van der Waals surface area contributed by atoms with Crippen LogP contribution in [-0.2, 0) is 14.3 Å². The van der Waals surface area contributed by atoms with Crippen LogP contribution in [0.5, 0.6) is 0 Å². The van der Waals surface area contributed by atoms with Crippen LogP contribution in [0.2, 0.25) is 0 Å². The number of hydrogen-bond donors (Lipinski definition) is 2. The number of amides is 1. The first-order valence-corrected chi connectivity index (χ1v) is 10.9. The molecule has 0 spiro atoms. The number of anilines is 1. The van der Waals surface area contributed by atoms with E-state index in [0.717, 1.165) is 44.0 Å².